The van der Waals surface area contributed by atoms with Crippen molar-refractivity contribution in [1.29, 1.82) is 0 Å². The van der Waals surface area contributed by atoms with Crippen LogP contribution in [0.5, 0.6) is 5.75 Å². The van der Waals surface area contributed by atoms with E-state index in [1.807, 2.05) is 6.92 Å². The summed E-state index contributed by atoms with van der Waals surface area (Å²) in [5.74, 6) is -0.677. The Morgan fingerprint density at radius 1 is 1.11 bits per heavy atom. The minimum absolute atomic E-state index is 0.170. The molecule has 1 saturated heterocycles. The summed E-state index contributed by atoms with van der Waals surface area (Å²) in [6.07, 6.45) is -1.16. The van der Waals surface area contributed by atoms with Gasteiger partial charge in [0.05, 0.1) is 13.2 Å². The number of alkyl halides is 3. The number of hydrogen-bond donors (Lipinski definition) is 2. The number of ether oxygens (including phenoxy) is 2. The third-order valence-corrected chi connectivity index (χ3v) is 6.13. The molecule has 2 aromatic heterocycles. The molecule has 11 heteroatoms. The first-order valence-electron chi connectivity index (χ1n) is 11.2. The summed E-state index contributed by atoms with van der Waals surface area (Å²) < 4.78 is 50.5. The van der Waals surface area contributed by atoms with Crippen LogP contribution in [0.2, 0.25) is 0 Å². The maximum atomic E-state index is 13.0. The lowest BCUT2D eigenvalue weighted by Crippen LogP contribution is -2.58. The number of pyridine rings is 2. The van der Waals surface area contributed by atoms with Crippen LogP contribution in [0, 0.1) is 6.92 Å². The number of anilines is 1. The molecule has 1 aromatic carbocycles. The molecule has 2 aliphatic heterocycles. The third-order valence-electron chi connectivity index (χ3n) is 6.13. The number of hydrogen-bond acceptors (Lipinski definition) is 6. The van der Waals surface area contributed by atoms with Gasteiger partial charge in [-0.15, -0.1) is 0 Å². The monoisotopic (exact) mass is 498 g/mol. The molecule has 36 heavy (non-hydrogen) atoms. The summed E-state index contributed by atoms with van der Waals surface area (Å²) in [5.41, 5.74) is 0.625. The topological polar surface area (TPSA) is 102 Å². The van der Waals surface area contributed by atoms with E-state index >= 15 is 0 Å². The van der Waals surface area contributed by atoms with Gasteiger partial charge in [0.25, 0.3) is 11.8 Å². The molecular formula is C25H21F3N4O4. The van der Waals surface area contributed by atoms with Crippen molar-refractivity contribution in [2.75, 3.05) is 18.5 Å². The smallest absolute Gasteiger partial charge is 0.433 e. The summed E-state index contributed by atoms with van der Waals surface area (Å²) in [4.78, 5) is 32.9. The lowest BCUT2D eigenvalue weighted by atomic mass is 9.98. The summed E-state index contributed by atoms with van der Waals surface area (Å²) in [6, 6.07) is 8.75. The third kappa shape index (κ3) is 4.61. The predicted molar refractivity (Wildman–Crippen MR) is 122 cm³/mol. The molecule has 2 aliphatic rings. The van der Waals surface area contributed by atoms with Gasteiger partial charge in [0.15, 0.2) is 17.2 Å². The first-order chi connectivity index (χ1) is 17.1. The number of halogens is 3. The van der Waals surface area contributed by atoms with E-state index in [1.54, 1.807) is 24.3 Å². The van der Waals surface area contributed by atoms with Gasteiger partial charge in [-0.3, -0.25) is 14.6 Å². The van der Waals surface area contributed by atoms with Crippen molar-refractivity contribution in [3.05, 3.63) is 71.3 Å². The van der Waals surface area contributed by atoms with Crippen molar-refractivity contribution < 1.29 is 32.2 Å². The molecule has 2 N–H and O–H groups in total. The van der Waals surface area contributed by atoms with Gasteiger partial charge in [0, 0.05) is 42.0 Å². The molecule has 4 heterocycles. The van der Waals surface area contributed by atoms with Crippen LogP contribution in [-0.4, -0.2) is 40.7 Å². The van der Waals surface area contributed by atoms with Crippen molar-refractivity contribution in [2.45, 2.75) is 31.7 Å². The van der Waals surface area contributed by atoms with Gasteiger partial charge in [-0.1, -0.05) is 6.07 Å². The number of nitrogens with zero attached hydrogens (tertiary/aromatic N) is 2. The highest BCUT2D eigenvalue weighted by atomic mass is 19.4. The lowest BCUT2D eigenvalue weighted by molar-refractivity contribution is -0.141. The predicted octanol–water partition coefficient (Wildman–Crippen LogP) is 4.35. The molecule has 3 aromatic rings. The van der Waals surface area contributed by atoms with Crippen LogP contribution in [0.3, 0.4) is 0 Å². The Kier molecular flexibility index (Phi) is 5.87. The number of nitrogens with one attached hydrogen (secondary N) is 2. The Bertz CT molecular complexity index is 1350. The van der Waals surface area contributed by atoms with Crippen LogP contribution < -0.4 is 15.4 Å². The molecule has 0 unspecified atom stereocenters. The van der Waals surface area contributed by atoms with E-state index in [2.05, 4.69) is 20.6 Å². The second-order valence-electron chi connectivity index (χ2n) is 8.64. The first kappa shape index (κ1) is 23.7. The zero-order chi connectivity index (χ0) is 25.5. The van der Waals surface area contributed by atoms with Crippen molar-refractivity contribution in [3.63, 3.8) is 0 Å². The van der Waals surface area contributed by atoms with Gasteiger partial charge < -0.3 is 20.1 Å². The van der Waals surface area contributed by atoms with Gasteiger partial charge in [0.1, 0.15) is 5.69 Å². The molecule has 0 aliphatic carbocycles. The van der Waals surface area contributed by atoms with Crippen molar-refractivity contribution >= 4 is 17.5 Å². The highest BCUT2D eigenvalue weighted by Crippen LogP contribution is 2.36. The molecule has 1 spiro atoms. The van der Waals surface area contributed by atoms with Crippen LogP contribution in [0.15, 0.2) is 48.8 Å². The Morgan fingerprint density at radius 3 is 2.64 bits per heavy atom. The zero-order valence-corrected chi connectivity index (χ0v) is 19.1. The number of rotatable bonds is 3. The second-order valence-corrected chi connectivity index (χ2v) is 8.64. The van der Waals surface area contributed by atoms with Gasteiger partial charge >= 0.3 is 6.18 Å². The van der Waals surface area contributed by atoms with Crippen molar-refractivity contribution in [3.8, 4) is 16.9 Å². The molecule has 2 amide bonds. The standard InChI is InChI=1S/C25H21F3N4O4/c1-14-2-3-17(31-22(33)15-4-7-29-20(11-15)25(26,27)28)12-18(14)16-10-19-21(30-13-16)23(34)32-24(36-19)5-8-35-9-6-24/h2-4,7,10-13H,5-6,8-9H2,1H3,(H,31,33)(H,32,34). The summed E-state index contributed by atoms with van der Waals surface area (Å²) in [6.45, 7) is 2.80. The van der Waals surface area contributed by atoms with Crippen LogP contribution >= 0.6 is 0 Å². The molecule has 1 fully saturated rings. The summed E-state index contributed by atoms with van der Waals surface area (Å²) in [7, 11) is 0. The minimum Gasteiger partial charge on any atom is -0.465 e. The number of aryl methyl sites for hydroxylation is 1. The van der Waals surface area contributed by atoms with Crippen LogP contribution in [0.1, 0.15) is 44.9 Å². The average Bonchev–Trinajstić information content (AvgIpc) is 2.85. The Hall–Kier alpha value is -3.99. The molecule has 0 radical (unpaired) electrons. The Balaban J connectivity index is 1.42. The fourth-order valence-electron chi connectivity index (χ4n) is 4.21. The minimum atomic E-state index is -4.66. The number of aromatic nitrogens is 2. The summed E-state index contributed by atoms with van der Waals surface area (Å²) in [5, 5.41) is 5.52. The molecule has 8 nitrogen and oxygen atoms in total. The fourth-order valence-corrected chi connectivity index (χ4v) is 4.21. The summed E-state index contributed by atoms with van der Waals surface area (Å²) >= 11 is 0. The quantitative estimate of drug-likeness (QED) is 0.557. The first-order valence-corrected chi connectivity index (χ1v) is 11.2. The van der Waals surface area contributed by atoms with Crippen molar-refractivity contribution in [1.82, 2.24) is 15.3 Å². The maximum Gasteiger partial charge on any atom is 0.433 e. The zero-order valence-electron chi connectivity index (χ0n) is 19.1. The molecule has 0 atom stereocenters. The van der Waals surface area contributed by atoms with Gasteiger partial charge in [-0.25, -0.2) is 4.98 Å². The van der Waals surface area contributed by atoms with Crippen LogP contribution in [0.4, 0.5) is 18.9 Å². The van der Waals surface area contributed by atoms with Gasteiger partial charge in [-0.05, 0) is 48.4 Å². The van der Waals surface area contributed by atoms with Gasteiger partial charge in [-0.2, -0.15) is 13.2 Å². The SMILES string of the molecule is Cc1ccc(NC(=O)c2ccnc(C(F)(F)F)c2)cc1-c1cnc2c(c1)OC1(CCOCC1)NC2=O. The lowest BCUT2D eigenvalue weighted by Gasteiger charge is -2.41. The number of fused-ring (bicyclic) bond motifs is 1. The maximum absolute atomic E-state index is 13.0. The van der Waals surface area contributed by atoms with E-state index in [9.17, 15) is 22.8 Å². The van der Waals surface area contributed by atoms with E-state index in [4.69, 9.17) is 9.47 Å². The van der Waals surface area contributed by atoms with E-state index in [-0.39, 0.29) is 17.2 Å². The highest BCUT2D eigenvalue weighted by Gasteiger charge is 2.42. The van der Waals surface area contributed by atoms with E-state index in [0.717, 1.165) is 11.8 Å². The Morgan fingerprint density at radius 2 is 1.89 bits per heavy atom. The average molecular weight is 498 g/mol. The molecule has 186 valence electrons. The molecule has 5 rings (SSSR count). The Labute approximate surface area is 203 Å². The fraction of sp³-hybridized carbons (Fsp3) is 0.280. The van der Waals surface area contributed by atoms with E-state index in [1.165, 1.54) is 12.3 Å². The normalized spacial score (nSPS) is 16.6. The molecule has 0 bridgehead atoms. The molecule has 0 saturated carbocycles. The number of carbonyl (C=O) groups is 2. The van der Waals surface area contributed by atoms with Gasteiger partial charge in [0.2, 0.25) is 0 Å². The largest absolute Gasteiger partial charge is 0.465 e. The molecular weight excluding hydrogens is 477 g/mol. The van der Waals surface area contributed by atoms with E-state index in [0.29, 0.717) is 54.7 Å². The van der Waals surface area contributed by atoms with Crippen LogP contribution in [0.25, 0.3) is 11.1 Å². The number of amides is 2. The number of benzene rings is 1. The van der Waals surface area contributed by atoms with Crippen LogP contribution in [-0.2, 0) is 10.9 Å². The second kappa shape index (κ2) is 8.90. The van der Waals surface area contributed by atoms with Crippen molar-refractivity contribution in [2.24, 2.45) is 0 Å². The number of carbonyl (C=O) groups excluding carboxylic acids is 2. The highest BCUT2D eigenvalue weighted by molar-refractivity contribution is 6.04. The van der Waals surface area contributed by atoms with E-state index < -0.39 is 23.5 Å².